The Morgan fingerprint density at radius 1 is 0.931 bits per heavy atom. The molecule has 3 aromatic carbocycles. The van der Waals surface area contributed by atoms with Gasteiger partial charge >= 0.3 is 0 Å². The van der Waals surface area contributed by atoms with Crippen molar-refractivity contribution in [3.8, 4) is 11.5 Å². The van der Waals surface area contributed by atoms with Crippen LogP contribution < -0.4 is 14.8 Å². The second-order valence-corrected chi connectivity index (χ2v) is 7.35. The fraction of sp³-hybridized carbons (Fsp3) is 0.200. The Labute approximate surface area is 170 Å². The first-order chi connectivity index (χ1) is 14.3. The normalized spacial score (nSPS) is 15.8. The molecule has 4 aromatic rings. The van der Waals surface area contributed by atoms with Gasteiger partial charge in [-0.1, -0.05) is 60.7 Å². The highest BCUT2D eigenvalue weighted by Crippen LogP contribution is 2.41. The van der Waals surface area contributed by atoms with Crippen LogP contribution in [-0.4, -0.2) is 18.6 Å². The van der Waals surface area contributed by atoms with Crippen molar-refractivity contribution in [2.24, 2.45) is 0 Å². The maximum atomic E-state index is 6.31. The van der Waals surface area contributed by atoms with E-state index in [1.165, 1.54) is 22.2 Å². The van der Waals surface area contributed by atoms with Crippen LogP contribution in [0.15, 0.2) is 72.8 Å². The largest absolute Gasteiger partial charge is 0.493 e. The summed E-state index contributed by atoms with van der Waals surface area (Å²) in [5.41, 5.74) is 6.01. The summed E-state index contributed by atoms with van der Waals surface area (Å²) in [4.78, 5) is 3.64. The Hall–Kier alpha value is -3.24. The molecule has 2 N–H and O–H groups in total. The van der Waals surface area contributed by atoms with E-state index in [1.807, 2.05) is 30.3 Å². The standard InChI is InChI=1S/C25H24N2O2/c1-28-22-13-7-11-20(25(22)29-16-17-8-3-2-4-9-17)23-24-19(14-15-26-23)18-10-5-6-12-21(18)27-24/h2-13,23,26-27H,14-16H2,1H3. The molecule has 0 fully saturated rings. The molecule has 0 bridgehead atoms. The average Bonchev–Trinajstić information content (AvgIpc) is 3.17. The van der Waals surface area contributed by atoms with Crippen molar-refractivity contribution >= 4 is 10.9 Å². The summed E-state index contributed by atoms with van der Waals surface area (Å²) in [5, 5.41) is 4.98. The molecule has 1 aliphatic rings. The first-order valence-corrected chi connectivity index (χ1v) is 10.0. The number of rotatable bonds is 5. The van der Waals surface area contributed by atoms with Crippen molar-refractivity contribution in [3.63, 3.8) is 0 Å². The number of benzene rings is 3. The maximum absolute atomic E-state index is 6.31. The monoisotopic (exact) mass is 384 g/mol. The minimum absolute atomic E-state index is 0.0343. The van der Waals surface area contributed by atoms with Gasteiger partial charge in [-0.05, 0) is 29.7 Å². The zero-order chi connectivity index (χ0) is 19.6. The molecular weight excluding hydrogens is 360 g/mol. The SMILES string of the molecule is COc1cccc(C2NCCc3c2[nH]c2ccccc32)c1OCc1ccccc1. The van der Waals surface area contributed by atoms with Gasteiger partial charge in [0.25, 0.3) is 0 Å². The molecule has 4 heteroatoms. The summed E-state index contributed by atoms with van der Waals surface area (Å²) in [7, 11) is 1.69. The van der Waals surface area contributed by atoms with Gasteiger partial charge in [0.1, 0.15) is 6.61 Å². The molecular formula is C25H24N2O2. The molecule has 1 unspecified atom stereocenters. The van der Waals surface area contributed by atoms with Crippen LogP contribution in [0.1, 0.15) is 28.4 Å². The third-order valence-electron chi connectivity index (χ3n) is 5.63. The van der Waals surface area contributed by atoms with E-state index in [0.29, 0.717) is 6.61 Å². The fourth-order valence-corrected chi connectivity index (χ4v) is 4.25. The third-order valence-corrected chi connectivity index (χ3v) is 5.63. The highest BCUT2D eigenvalue weighted by Gasteiger charge is 2.28. The van der Waals surface area contributed by atoms with Gasteiger partial charge < -0.3 is 19.8 Å². The van der Waals surface area contributed by atoms with E-state index in [1.54, 1.807) is 7.11 Å². The van der Waals surface area contributed by atoms with E-state index in [-0.39, 0.29) is 6.04 Å². The van der Waals surface area contributed by atoms with Crippen molar-refractivity contribution in [1.82, 2.24) is 10.3 Å². The quantitative estimate of drug-likeness (QED) is 0.509. The molecule has 0 saturated carbocycles. The fourth-order valence-electron chi connectivity index (χ4n) is 4.25. The average molecular weight is 384 g/mol. The zero-order valence-electron chi connectivity index (χ0n) is 16.4. The van der Waals surface area contributed by atoms with Gasteiger partial charge in [-0.15, -0.1) is 0 Å². The predicted octanol–water partition coefficient (Wildman–Crippen LogP) is 4.99. The molecule has 4 nitrogen and oxygen atoms in total. The molecule has 0 amide bonds. The van der Waals surface area contributed by atoms with E-state index in [2.05, 4.69) is 52.8 Å². The number of aromatic amines is 1. The van der Waals surface area contributed by atoms with Crippen LogP contribution in [0.2, 0.25) is 0 Å². The van der Waals surface area contributed by atoms with Crippen molar-refractivity contribution in [1.29, 1.82) is 0 Å². The van der Waals surface area contributed by atoms with Crippen LogP contribution in [0.3, 0.4) is 0 Å². The molecule has 0 spiro atoms. The topological polar surface area (TPSA) is 46.3 Å². The second kappa shape index (κ2) is 7.64. The molecule has 29 heavy (non-hydrogen) atoms. The van der Waals surface area contributed by atoms with Gasteiger partial charge in [0.15, 0.2) is 11.5 Å². The van der Waals surface area contributed by atoms with E-state index < -0.39 is 0 Å². The Balaban J connectivity index is 1.56. The summed E-state index contributed by atoms with van der Waals surface area (Å²) in [5.74, 6) is 1.55. The first-order valence-electron chi connectivity index (χ1n) is 10.0. The van der Waals surface area contributed by atoms with Crippen molar-refractivity contribution in [2.45, 2.75) is 19.1 Å². The number of aromatic nitrogens is 1. The molecule has 146 valence electrons. The summed E-state index contributed by atoms with van der Waals surface area (Å²) in [6.45, 7) is 1.43. The molecule has 0 radical (unpaired) electrons. The van der Waals surface area contributed by atoms with Crippen molar-refractivity contribution < 1.29 is 9.47 Å². The van der Waals surface area contributed by atoms with E-state index in [9.17, 15) is 0 Å². The summed E-state index contributed by atoms with van der Waals surface area (Å²) in [6.07, 6.45) is 1.01. The van der Waals surface area contributed by atoms with Crippen LogP contribution in [0.5, 0.6) is 11.5 Å². The van der Waals surface area contributed by atoms with Gasteiger partial charge in [0.05, 0.1) is 13.2 Å². The van der Waals surface area contributed by atoms with Crippen molar-refractivity contribution in [2.75, 3.05) is 13.7 Å². The molecule has 2 heterocycles. The summed E-state index contributed by atoms with van der Waals surface area (Å²) < 4.78 is 12.0. The van der Waals surface area contributed by atoms with Gasteiger partial charge in [-0.25, -0.2) is 0 Å². The Kier molecular flexibility index (Phi) is 4.70. The minimum Gasteiger partial charge on any atom is -0.493 e. The summed E-state index contributed by atoms with van der Waals surface area (Å²) >= 11 is 0. The first kappa shape index (κ1) is 17.8. The van der Waals surface area contributed by atoms with E-state index in [4.69, 9.17) is 9.47 Å². The Morgan fingerprint density at radius 3 is 2.62 bits per heavy atom. The molecule has 1 aliphatic heterocycles. The Morgan fingerprint density at radius 2 is 1.76 bits per heavy atom. The zero-order valence-corrected chi connectivity index (χ0v) is 16.4. The number of methoxy groups -OCH3 is 1. The third kappa shape index (κ3) is 3.26. The molecule has 0 saturated heterocycles. The highest BCUT2D eigenvalue weighted by molar-refractivity contribution is 5.85. The smallest absolute Gasteiger partial charge is 0.166 e. The Bertz CT molecular complexity index is 1130. The molecule has 5 rings (SSSR count). The molecule has 0 aliphatic carbocycles. The number of nitrogens with one attached hydrogen (secondary N) is 2. The predicted molar refractivity (Wildman–Crippen MR) is 116 cm³/mol. The van der Waals surface area contributed by atoms with Crippen molar-refractivity contribution in [3.05, 3.63) is 95.2 Å². The van der Waals surface area contributed by atoms with Crippen LogP contribution in [-0.2, 0) is 13.0 Å². The van der Waals surface area contributed by atoms with E-state index in [0.717, 1.165) is 35.6 Å². The lowest BCUT2D eigenvalue weighted by Gasteiger charge is -2.27. The van der Waals surface area contributed by atoms with Crippen LogP contribution >= 0.6 is 0 Å². The number of hydrogen-bond donors (Lipinski definition) is 2. The van der Waals surface area contributed by atoms with Gasteiger partial charge in [-0.3, -0.25) is 0 Å². The van der Waals surface area contributed by atoms with Crippen LogP contribution in [0.25, 0.3) is 10.9 Å². The molecule has 1 atom stereocenters. The summed E-state index contributed by atoms with van der Waals surface area (Å²) in [6, 6.07) is 24.9. The lowest BCUT2D eigenvalue weighted by Crippen LogP contribution is -2.30. The minimum atomic E-state index is 0.0343. The second-order valence-electron chi connectivity index (χ2n) is 7.35. The number of H-pyrrole nitrogens is 1. The maximum Gasteiger partial charge on any atom is 0.166 e. The lowest BCUT2D eigenvalue weighted by atomic mass is 9.93. The van der Waals surface area contributed by atoms with Gasteiger partial charge in [-0.2, -0.15) is 0 Å². The number of fused-ring (bicyclic) bond motifs is 3. The number of para-hydroxylation sites is 2. The van der Waals surface area contributed by atoms with Crippen LogP contribution in [0, 0.1) is 0 Å². The lowest BCUT2D eigenvalue weighted by molar-refractivity contribution is 0.278. The van der Waals surface area contributed by atoms with Gasteiger partial charge in [0, 0.05) is 28.7 Å². The highest BCUT2D eigenvalue weighted by atomic mass is 16.5. The number of hydrogen-bond acceptors (Lipinski definition) is 3. The van der Waals surface area contributed by atoms with E-state index >= 15 is 0 Å². The van der Waals surface area contributed by atoms with Gasteiger partial charge in [0.2, 0.25) is 0 Å². The number of ether oxygens (including phenoxy) is 2. The van der Waals surface area contributed by atoms with Crippen LogP contribution in [0.4, 0.5) is 0 Å². The molecule has 1 aromatic heterocycles.